The van der Waals surface area contributed by atoms with Gasteiger partial charge in [-0.25, -0.2) is 13.8 Å². The highest BCUT2D eigenvalue weighted by atomic mass is 19.4. The molecule has 26 heavy (non-hydrogen) atoms. The van der Waals surface area contributed by atoms with Gasteiger partial charge in [0.25, 0.3) is 0 Å². The Morgan fingerprint density at radius 1 is 1.08 bits per heavy atom. The van der Waals surface area contributed by atoms with Crippen molar-refractivity contribution in [1.29, 1.82) is 0 Å². The normalized spacial score (nSPS) is 11.6. The molecule has 4 nitrogen and oxygen atoms in total. The van der Waals surface area contributed by atoms with Crippen molar-refractivity contribution in [3.05, 3.63) is 65.5 Å². The first kappa shape index (κ1) is 17.8. The van der Waals surface area contributed by atoms with E-state index >= 15 is 0 Å². The summed E-state index contributed by atoms with van der Waals surface area (Å²) in [4.78, 5) is 3.95. The van der Waals surface area contributed by atoms with Crippen LogP contribution in [0.1, 0.15) is 11.3 Å². The van der Waals surface area contributed by atoms with Crippen molar-refractivity contribution in [2.24, 2.45) is 7.05 Å². The van der Waals surface area contributed by atoms with Crippen LogP contribution in [0, 0.1) is 11.6 Å². The lowest BCUT2D eigenvalue weighted by Crippen LogP contribution is -2.06. The third kappa shape index (κ3) is 3.66. The van der Waals surface area contributed by atoms with Crippen molar-refractivity contribution in [3.63, 3.8) is 0 Å². The summed E-state index contributed by atoms with van der Waals surface area (Å²) in [6, 6.07) is 7.25. The summed E-state index contributed by atoms with van der Waals surface area (Å²) in [7, 11) is 1.38. The van der Waals surface area contributed by atoms with Gasteiger partial charge in [0.05, 0.1) is 11.3 Å². The second-order valence-corrected chi connectivity index (χ2v) is 5.41. The van der Waals surface area contributed by atoms with E-state index < -0.39 is 23.5 Å². The largest absolute Gasteiger partial charge is 0.473 e. The van der Waals surface area contributed by atoms with Gasteiger partial charge in [-0.1, -0.05) is 6.07 Å². The minimum atomic E-state index is -4.55. The summed E-state index contributed by atoms with van der Waals surface area (Å²) >= 11 is 0. The number of hydrogen-bond donors (Lipinski definition) is 0. The highest BCUT2D eigenvalue weighted by Crippen LogP contribution is 2.31. The molecule has 0 saturated heterocycles. The summed E-state index contributed by atoms with van der Waals surface area (Å²) in [5.41, 5.74) is -0.637. The fourth-order valence-electron chi connectivity index (χ4n) is 2.31. The van der Waals surface area contributed by atoms with Gasteiger partial charge in [0, 0.05) is 24.9 Å². The summed E-state index contributed by atoms with van der Waals surface area (Å²) in [5, 5.41) is 3.43. The van der Waals surface area contributed by atoms with Crippen molar-refractivity contribution in [2.45, 2.75) is 12.8 Å². The second kappa shape index (κ2) is 6.74. The molecule has 9 heteroatoms. The van der Waals surface area contributed by atoms with Gasteiger partial charge in [-0.05, 0) is 24.3 Å². The standard InChI is InChI=1S/C17H12F5N3O/c1-25-14(7-15(24-25)17(20,21)22)10-5-6-16(23-8-10)26-9-11-12(18)3-2-4-13(11)19/h2-8H,9H2,1H3. The molecular formula is C17H12F5N3O. The van der Waals surface area contributed by atoms with Crippen LogP contribution in [-0.4, -0.2) is 14.8 Å². The lowest BCUT2D eigenvalue weighted by Gasteiger charge is -2.08. The topological polar surface area (TPSA) is 39.9 Å². The number of hydrogen-bond acceptors (Lipinski definition) is 3. The molecular weight excluding hydrogens is 357 g/mol. The van der Waals surface area contributed by atoms with E-state index in [0.717, 1.165) is 22.9 Å². The van der Waals surface area contributed by atoms with Crippen molar-refractivity contribution in [2.75, 3.05) is 0 Å². The van der Waals surface area contributed by atoms with Crippen molar-refractivity contribution >= 4 is 0 Å². The number of nitrogens with zero attached hydrogens (tertiary/aromatic N) is 3. The lowest BCUT2D eigenvalue weighted by atomic mass is 10.2. The zero-order chi connectivity index (χ0) is 18.9. The number of rotatable bonds is 4. The zero-order valence-electron chi connectivity index (χ0n) is 13.4. The Labute approximate surface area is 144 Å². The number of pyridine rings is 1. The molecule has 0 bridgehead atoms. The van der Waals surface area contributed by atoms with E-state index in [1.165, 1.54) is 31.4 Å². The van der Waals surface area contributed by atoms with Crippen LogP contribution in [0.4, 0.5) is 22.0 Å². The summed E-state index contributed by atoms with van der Waals surface area (Å²) in [6.07, 6.45) is -3.25. The van der Waals surface area contributed by atoms with E-state index in [2.05, 4.69) is 10.1 Å². The first-order valence-electron chi connectivity index (χ1n) is 7.39. The molecule has 136 valence electrons. The fourth-order valence-corrected chi connectivity index (χ4v) is 2.31. The second-order valence-electron chi connectivity index (χ2n) is 5.41. The Morgan fingerprint density at radius 2 is 1.77 bits per heavy atom. The van der Waals surface area contributed by atoms with E-state index in [1.807, 2.05) is 0 Å². The van der Waals surface area contributed by atoms with Gasteiger partial charge in [-0.3, -0.25) is 4.68 Å². The van der Waals surface area contributed by atoms with Crippen molar-refractivity contribution in [1.82, 2.24) is 14.8 Å². The number of halogens is 5. The van der Waals surface area contributed by atoms with Crippen LogP contribution in [0.25, 0.3) is 11.3 Å². The minimum Gasteiger partial charge on any atom is -0.473 e. The van der Waals surface area contributed by atoms with Crippen LogP contribution in [0.15, 0.2) is 42.6 Å². The fraction of sp³-hybridized carbons (Fsp3) is 0.176. The van der Waals surface area contributed by atoms with Crippen LogP contribution >= 0.6 is 0 Å². The predicted octanol–water partition coefficient (Wildman–Crippen LogP) is 4.36. The van der Waals surface area contributed by atoms with E-state index in [9.17, 15) is 22.0 Å². The number of aromatic nitrogens is 3. The molecule has 3 aromatic rings. The van der Waals surface area contributed by atoms with Gasteiger partial charge < -0.3 is 4.74 Å². The zero-order valence-corrected chi connectivity index (χ0v) is 13.4. The van der Waals surface area contributed by atoms with Crippen molar-refractivity contribution < 1.29 is 26.7 Å². The third-order valence-electron chi connectivity index (χ3n) is 3.63. The molecule has 0 N–H and O–H groups in total. The molecule has 3 rings (SSSR count). The van der Waals surface area contributed by atoms with Crippen LogP contribution in [-0.2, 0) is 19.8 Å². The summed E-state index contributed by atoms with van der Waals surface area (Å²) in [6.45, 7) is -0.366. The van der Waals surface area contributed by atoms with E-state index in [0.29, 0.717) is 5.56 Å². The van der Waals surface area contributed by atoms with Crippen molar-refractivity contribution in [3.8, 4) is 17.1 Å². The van der Waals surface area contributed by atoms with E-state index in [1.54, 1.807) is 0 Å². The Kier molecular flexibility index (Phi) is 4.62. The maximum absolute atomic E-state index is 13.5. The quantitative estimate of drug-likeness (QED) is 0.642. The van der Waals surface area contributed by atoms with Crippen LogP contribution in [0.3, 0.4) is 0 Å². The van der Waals surface area contributed by atoms with Gasteiger partial charge in [0.15, 0.2) is 5.69 Å². The molecule has 0 radical (unpaired) electrons. The smallest absolute Gasteiger partial charge is 0.435 e. The predicted molar refractivity (Wildman–Crippen MR) is 82.1 cm³/mol. The number of aryl methyl sites for hydroxylation is 1. The first-order valence-corrected chi connectivity index (χ1v) is 7.39. The van der Waals surface area contributed by atoms with Gasteiger partial charge in [-0.2, -0.15) is 18.3 Å². The molecule has 0 atom stereocenters. The van der Waals surface area contributed by atoms with Gasteiger partial charge in [0.1, 0.15) is 18.2 Å². The average molecular weight is 369 g/mol. The number of alkyl halides is 3. The van der Waals surface area contributed by atoms with Crippen LogP contribution < -0.4 is 4.74 Å². The molecule has 0 aliphatic heterocycles. The molecule has 0 spiro atoms. The van der Waals surface area contributed by atoms with Crippen LogP contribution in [0.5, 0.6) is 5.88 Å². The van der Waals surface area contributed by atoms with Gasteiger partial charge >= 0.3 is 6.18 Å². The minimum absolute atomic E-state index is 0.0783. The molecule has 0 unspecified atom stereocenters. The maximum atomic E-state index is 13.5. The van der Waals surface area contributed by atoms with E-state index in [4.69, 9.17) is 4.74 Å². The summed E-state index contributed by atoms with van der Waals surface area (Å²) < 4.78 is 71.6. The highest BCUT2D eigenvalue weighted by Gasteiger charge is 2.34. The van der Waals surface area contributed by atoms with Crippen LogP contribution in [0.2, 0.25) is 0 Å². The molecule has 2 aromatic heterocycles. The third-order valence-corrected chi connectivity index (χ3v) is 3.63. The Balaban J connectivity index is 1.76. The van der Waals surface area contributed by atoms with Gasteiger partial charge in [0.2, 0.25) is 5.88 Å². The number of benzene rings is 1. The van der Waals surface area contributed by atoms with Gasteiger partial charge in [-0.15, -0.1) is 0 Å². The first-order chi connectivity index (χ1) is 12.3. The Bertz CT molecular complexity index is 899. The molecule has 0 fully saturated rings. The monoisotopic (exact) mass is 369 g/mol. The lowest BCUT2D eigenvalue weighted by molar-refractivity contribution is -0.141. The molecule has 0 aliphatic rings. The van der Waals surface area contributed by atoms with E-state index in [-0.39, 0.29) is 23.7 Å². The molecule has 2 heterocycles. The average Bonchev–Trinajstić information content (AvgIpc) is 2.97. The molecule has 0 saturated carbocycles. The Morgan fingerprint density at radius 3 is 2.31 bits per heavy atom. The maximum Gasteiger partial charge on any atom is 0.435 e. The number of ether oxygens (including phenoxy) is 1. The highest BCUT2D eigenvalue weighted by molar-refractivity contribution is 5.59. The molecule has 1 aromatic carbocycles. The molecule has 0 amide bonds. The summed E-state index contributed by atoms with van der Waals surface area (Å²) in [5.74, 6) is -1.40. The molecule has 0 aliphatic carbocycles. The SMILES string of the molecule is Cn1nc(C(F)(F)F)cc1-c1ccc(OCc2c(F)cccc2F)nc1. The Hall–Kier alpha value is -2.97.